The number of aryl methyl sites for hydroxylation is 2. The van der Waals surface area contributed by atoms with Gasteiger partial charge in [-0.15, -0.1) is 0 Å². The van der Waals surface area contributed by atoms with Crippen molar-refractivity contribution in [3.63, 3.8) is 0 Å². The molecule has 0 saturated heterocycles. The normalized spacial score (nSPS) is 11.0. The summed E-state index contributed by atoms with van der Waals surface area (Å²) >= 11 is 0. The third-order valence-electron chi connectivity index (χ3n) is 4.43. The van der Waals surface area contributed by atoms with Gasteiger partial charge >= 0.3 is 0 Å². The fourth-order valence-electron chi connectivity index (χ4n) is 3.04. The molecule has 3 nitrogen and oxygen atoms in total. The van der Waals surface area contributed by atoms with Crippen LogP contribution in [0, 0.1) is 13.8 Å². The van der Waals surface area contributed by atoms with Gasteiger partial charge in [0.15, 0.2) is 0 Å². The molecule has 0 spiro atoms. The molecule has 4 rings (SSSR count). The largest absolute Gasteiger partial charge is 0.457 e. The summed E-state index contributed by atoms with van der Waals surface area (Å²) in [5.74, 6) is 2.78. The summed E-state index contributed by atoms with van der Waals surface area (Å²) in [5.41, 5.74) is 4.57. The van der Waals surface area contributed by atoms with E-state index in [1.54, 1.807) is 0 Å². The lowest BCUT2D eigenvalue weighted by molar-refractivity contribution is 0.478. The first-order valence-corrected chi connectivity index (χ1v) is 8.45. The number of benzene rings is 3. The Morgan fingerprint density at radius 1 is 0.840 bits per heavy atom. The van der Waals surface area contributed by atoms with Gasteiger partial charge in [-0.05, 0) is 55.3 Å². The summed E-state index contributed by atoms with van der Waals surface area (Å²) < 4.78 is 8.22. The zero-order valence-corrected chi connectivity index (χ0v) is 14.4. The second kappa shape index (κ2) is 6.44. The minimum Gasteiger partial charge on any atom is -0.457 e. The molecule has 0 aliphatic heterocycles. The smallest absolute Gasteiger partial charge is 0.130 e. The van der Waals surface area contributed by atoms with Crippen LogP contribution in [0.1, 0.15) is 17.0 Å². The maximum atomic E-state index is 5.97. The maximum absolute atomic E-state index is 5.97. The molecule has 0 amide bonds. The predicted molar refractivity (Wildman–Crippen MR) is 101 cm³/mol. The molecule has 0 N–H and O–H groups in total. The number of hydrogen-bond acceptors (Lipinski definition) is 2. The van der Waals surface area contributed by atoms with Gasteiger partial charge in [-0.1, -0.05) is 42.5 Å². The van der Waals surface area contributed by atoms with Crippen molar-refractivity contribution in [1.82, 2.24) is 9.55 Å². The van der Waals surface area contributed by atoms with Gasteiger partial charge < -0.3 is 9.30 Å². The number of hydrogen-bond donors (Lipinski definition) is 0. The van der Waals surface area contributed by atoms with Crippen LogP contribution >= 0.6 is 0 Å². The highest BCUT2D eigenvalue weighted by Crippen LogP contribution is 2.25. The van der Waals surface area contributed by atoms with Crippen molar-refractivity contribution in [1.29, 1.82) is 0 Å². The number of imidazole rings is 1. The van der Waals surface area contributed by atoms with Crippen LogP contribution in [0.15, 0.2) is 72.8 Å². The Kier molecular flexibility index (Phi) is 3.98. The highest BCUT2D eigenvalue weighted by molar-refractivity contribution is 5.75. The van der Waals surface area contributed by atoms with E-state index in [1.807, 2.05) is 36.4 Å². The highest BCUT2D eigenvalue weighted by atomic mass is 16.5. The molecule has 0 fully saturated rings. The van der Waals surface area contributed by atoms with Crippen molar-refractivity contribution >= 4 is 11.0 Å². The lowest BCUT2D eigenvalue weighted by Crippen LogP contribution is -2.01. The van der Waals surface area contributed by atoms with Gasteiger partial charge in [0, 0.05) is 6.54 Å². The third kappa shape index (κ3) is 3.13. The molecule has 3 aromatic carbocycles. The molecule has 0 atom stereocenters. The monoisotopic (exact) mass is 328 g/mol. The molecule has 4 aromatic rings. The van der Waals surface area contributed by atoms with Gasteiger partial charge in [0.2, 0.25) is 0 Å². The molecule has 1 aromatic heterocycles. The number of nitrogens with zero attached hydrogens (tertiary/aromatic N) is 2. The zero-order chi connectivity index (χ0) is 17.2. The van der Waals surface area contributed by atoms with Crippen molar-refractivity contribution in [3.05, 3.63) is 89.7 Å². The summed E-state index contributed by atoms with van der Waals surface area (Å²) in [6, 6.07) is 24.6. The fraction of sp³-hybridized carbons (Fsp3) is 0.136. The van der Waals surface area contributed by atoms with Crippen LogP contribution in [0.25, 0.3) is 11.0 Å². The summed E-state index contributed by atoms with van der Waals surface area (Å²) in [6.07, 6.45) is 0. The van der Waals surface area contributed by atoms with E-state index in [1.165, 1.54) is 11.1 Å². The Labute approximate surface area is 147 Å². The van der Waals surface area contributed by atoms with Gasteiger partial charge in [0.05, 0.1) is 11.0 Å². The Morgan fingerprint density at radius 3 is 2.36 bits per heavy atom. The summed E-state index contributed by atoms with van der Waals surface area (Å²) in [4.78, 5) is 4.63. The average molecular weight is 328 g/mol. The van der Waals surface area contributed by atoms with Gasteiger partial charge in [0.1, 0.15) is 17.3 Å². The van der Waals surface area contributed by atoms with E-state index in [9.17, 15) is 0 Å². The number of para-hydroxylation sites is 3. The van der Waals surface area contributed by atoms with E-state index >= 15 is 0 Å². The van der Waals surface area contributed by atoms with Gasteiger partial charge in [0.25, 0.3) is 0 Å². The van der Waals surface area contributed by atoms with Crippen LogP contribution in [0.3, 0.4) is 0 Å². The fourth-order valence-corrected chi connectivity index (χ4v) is 3.04. The number of fused-ring (bicyclic) bond motifs is 1. The highest BCUT2D eigenvalue weighted by Gasteiger charge is 2.07. The molecule has 124 valence electrons. The minimum absolute atomic E-state index is 0.803. The SMILES string of the molecule is Cc1ccccc1Oc1ccc(Cn2c(C)nc3ccccc32)cc1. The molecule has 0 aliphatic rings. The molecule has 0 bridgehead atoms. The van der Waals surface area contributed by atoms with E-state index in [4.69, 9.17) is 4.74 Å². The van der Waals surface area contributed by atoms with Crippen molar-refractivity contribution in [2.24, 2.45) is 0 Å². The second-order valence-corrected chi connectivity index (χ2v) is 6.25. The molecular weight excluding hydrogens is 308 g/mol. The third-order valence-corrected chi connectivity index (χ3v) is 4.43. The molecule has 1 heterocycles. The van der Waals surface area contributed by atoms with E-state index in [0.29, 0.717) is 0 Å². The van der Waals surface area contributed by atoms with Gasteiger partial charge in [-0.2, -0.15) is 0 Å². The second-order valence-electron chi connectivity index (χ2n) is 6.25. The predicted octanol–water partition coefficient (Wildman–Crippen LogP) is 5.49. The van der Waals surface area contributed by atoms with E-state index in [0.717, 1.165) is 34.9 Å². The van der Waals surface area contributed by atoms with Gasteiger partial charge in [-0.25, -0.2) is 4.98 Å². The first kappa shape index (κ1) is 15.5. The molecule has 0 radical (unpaired) electrons. The van der Waals surface area contributed by atoms with Crippen LogP contribution in [0.4, 0.5) is 0 Å². The summed E-state index contributed by atoms with van der Waals surface area (Å²) in [7, 11) is 0. The number of rotatable bonds is 4. The van der Waals surface area contributed by atoms with Crippen molar-refractivity contribution in [3.8, 4) is 11.5 Å². The molecule has 3 heteroatoms. The van der Waals surface area contributed by atoms with Crippen LogP contribution in [0.2, 0.25) is 0 Å². The van der Waals surface area contributed by atoms with Crippen LogP contribution in [-0.4, -0.2) is 9.55 Å². The molecule has 25 heavy (non-hydrogen) atoms. The Bertz CT molecular complexity index is 1020. The quantitative estimate of drug-likeness (QED) is 0.495. The molecule has 0 aliphatic carbocycles. The van der Waals surface area contributed by atoms with E-state index < -0.39 is 0 Å². The Morgan fingerprint density at radius 2 is 1.56 bits per heavy atom. The van der Waals surface area contributed by atoms with Crippen molar-refractivity contribution in [2.75, 3.05) is 0 Å². The van der Waals surface area contributed by atoms with Crippen LogP contribution in [0.5, 0.6) is 11.5 Å². The average Bonchev–Trinajstić information content (AvgIpc) is 2.94. The van der Waals surface area contributed by atoms with E-state index in [2.05, 4.69) is 59.8 Å². The zero-order valence-electron chi connectivity index (χ0n) is 14.4. The van der Waals surface area contributed by atoms with Crippen molar-refractivity contribution in [2.45, 2.75) is 20.4 Å². The number of aromatic nitrogens is 2. The first-order chi connectivity index (χ1) is 12.2. The van der Waals surface area contributed by atoms with E-state index in [-0.39, 0.29) is 0 Å². The minimum atomic E-state index is 0.803. The lowest BCUT2D eigenvalue weighted by Gasteiger charge is -2.10. The summed E-state index contributed by atoms with van der Waals surface area (Å²) in [6.45, 7) is 4.91. The Hall–Kier alpha value is -3.07. The Balaban J connectivity index is 1.56. The topological polar surface area (TPSA) is 27.1 Å². The van der Waals surface area contributed by atoms with Crippen LogP contribution < -0.4 is 4.74 Å². The molecule has 0 unspecified atom stereocenters. The standard InChI is InChI=1S/C22H20N2O/c1-16-7-3-6-10-22(16)25-19-13-11-18(12-14-19)15-24-17(2)23-20-8-4-5-9-21(20)24/h3-14H,15H2,1-2H3. The van der Waals surface area contributed by atoms with Crippen LogP contribution in [-0.2, 0) is 6.54 Å². The molecule has 0 saturated carbocycles. The molecular formula is C22H20N2O. The van der Waals surface area contributed by atoms with Gasteiger partial charge in [-0.3, -0.25) is 0 Å². The first-order valence-electron chi connectivity index (χ1n) is 8.45. The summed E-state index contributed by atoms with van der Waals surface area (Å²) in [5, 5.41) is 0. The number of ether oxygens (including phenoxy) is 1. The maximum Gasteiger partial charge on any atom is 0.130 e. The van der Waals surface area contributed by atoms with Crippen molar-refractivity contribution < 1.29 is 4.74 Å². The lowest BCUT2D eigenvalue weighted by atomic mass is 10.2.